The maximum absolute atomic E-state index is 12.7. The maximum Gasteiger partial charge on any atom is 0.257 e. The molecule has 3 aromatic heterocycles. The van der Waals surface area contributed by atoms with Gasteiger partial charge in [0.05, 0.1) is 18.4 Å². The minimum Gasteiger partial charge on any atom is -0.467 e. The molecular weight excluding hydrogens is 396 g/mol. The first kappa shape index (κ1) is 21.0. The predicted molar refractivity (Wildman–Crippen MR) is 115 cm³/mol. The van der Waals surface area contributed by atoms with Gasteiger partial charge < -0.3 is 19.4 Å². The van der Waals surface area contributed by atoms with E-state index in [0.717, 1.165) is 27.1 Å². The standard InChI is InChI=1S/C22H26N6O3/c1-15-6-7-20-17(11-15)12-18(22(30)23-20)13-27(8-4-9-29)16(2)21-24-25-26-28(21)14-19-5-3-10-31-19/h3,5-7,10-12,16,29H,4,8-9,13-14H2,1-2H3,(H,23,30)/p+1/t16-/m1/s1. The number of tetrazole rings is 1. The largest absolute Gasteiger partial charge is 0.467 e. The molecule has 1 aromatic carbocycles. The van der Waals surface area contributed by atoms with Crippen molar-refractivity contribution in [3.05, 3.63) is 75.7 Å². The number of aryl methyl sites for hydroxylation is 1. The molecule has 3 heterocycles. The van der Waals surface area contributed by atoms with Crippen LogP contribution in [0.2, 0.25) is 0 Å². The first-order valence-corrected chi connectivity index (χ1v) is 10.4. The third kappa shape index (κ3) is 4.73. The number of rotatable bonds is 9. The highest BCUT2D eigenvalue weighted by atomic mass is 16.3. The van der Waals surface area contributed by atoms with Crippen molar-refractivity contribution in [3.8, 4) is 0 Å². The van der Waals surface area contributed by atoms with Crippen LogP contribution in [0.3, 0.4) is 0 Å². The average Bonchev–Trinajstić information content (AvgIpc) is 3.43. The van der Waals surface area contributed by atoms with Crippen LogP contribution in [-0.4, -0.2) is 43.4 Å². The van der Waals surface area contributed by atoms with Crippen molar-refractivity contribution in [3.63, 3.8) is 0 Å². The SMILES string of the molecule is Cc1ccc2[nH]c(=O)c(C[NH+](CCCO)[C@H](C)c3nnnn3Cc3ccco3)cc2c1. The van der Waals surface area contributed by atoms with E-state index in [4.69, 9.17) is 4.42 Å². The maximum atomic E-state index is 12.7. The van der Waals surface area contributed by atoms with Crippen LogP contribution in [0.1, 0.15) is 42.1 Å². The number of pyridine rings is 1. The molecule has 31 heavy (non-hydrogen) atoms. The number of hydrogen-bond donors (Lipinski definition) is 3. The summed E-state index contributed by atoms with van der Waals surface area (Å²) < 4.78 is 7.15. The molecule has 3 N–H and O–H groups in total. The number of fused-ring (bicyclic) bond motifs is 1. The lowest BCUT2D eigenvalue weighted by Gasteiger charge is -2.25. The van der Waals surface area contributed by atoms with Crippen molar-refractivity contribution < 1.29 is 14.4 Å². The fourth-order valence-corrected chi connectivity index (χ4v) is 3.88. The van der Waals surface area contributed by atoms with Gasteiger partial charge in [-0.25, -0.2) is 4.68 Å². The van der Waals surface area contributed by atoms with E-state index in [-0.39, 0.29) is 18.2 Å². The van der Waals surface area contributed by atoms with Crippen LogP contribution in [-0.2, 0) is 13.1 Å². The van der Waals surface area contributed by atoms with Gasteiger partial charge in [0.1, 0.15) is 24.9 Å². The van der Waals surface area contributed by atoms with E-state index in [1.807, 2.05) is 44.2 Å². The monoisotopic (exact) mass is 423 g/mol. The molecule has 4 rings (SSSR count). The molecule has 162 valence electrons. The lowest BCUT2D eigenvalue weighted by Crippen LogP contribution is -3.11. The molecule has 4 aromatic rings. The summed E-state index contributed by atoms with van der Waals surface area (Å²) in [5.74, 6) is 1.47. The number of aromatic amines is 1. The Bertz CT molecular complexity index is 1200. The van der Waals surface area contributed by atoms with E-state index in [9.17, 15) is 9.90 Å². The topological polar surface area (TPSA) is 114 Å². The average molecular weight is 423 g/mol. The van der Waals surface area contributed by atoms with Crippen LogP contribution in [0.4, 0.5) is 0 Å². The van der Waals surface area contributed by atoms with Crippen LogP contribution in [0.15, 0.2) is 51.9 Å². The van der Waals surface area contributed by atoms with Gasteiger partial charge in [-0.1, -0.05) is 11.6 Å². The fraction of sp³-hybridized carbons (Fsp3) is 0.364. The third-order valence-electron chi connectivity index (χ3n) is 5.60. The van der Waals surface area contributed by atoms with E-state index >= 15 is 0 Å². The van der Waals surface area contributed by atoms with Gasteiger partial charge in [-0.15, -0.1) is 5.10 Å². The van der Waals surface area contributed by atoms with Gasteiger partial charge in [-0.2, -0.15) is 0 Å². The third-order valence-corrected chi connectivity index (χ3v) is 5.60. The van der Waals surface area contributed by atoms with Crippen molar-refractivity contribution in [2.24, 2.45) is 0 Å². The second kappa shape index (κ2) is 9.23. The number of aromatic nitrogens is 5. The molecule has 0 fully saturated rings. The summed E-state index contributed by atoms with van der Waals surface area (Å²) in [5, 5.41) is 22.6. The highest BCUT2D eigenvalue weighted by Gasteiger charge is 2.26. The summed E-state index contributed by atoms with van der Waals surface area (Å²) in [6, 6.07) is 11.5. The summed E-state index contributed by atoms with van der Waals surface area (Å²) in [7, 11) is 0. The van der Waals surface area contributed by atoms with E-state index < -0.39 is 0 Å². The first-order chi connectivity index (χ1) is 15.0. The predicted octanol–water partition coefficient (Wildman–Crippen LogP) is 0.993. The Kier molecular flexibility index (Phi) is 6.24. The number of benzene rings is 1. The molecule has 2 atom stereocenters. The smallest absolute Gasteiger partial charge is 0.257 e. The Morgan fingerprint density at radius 3 is 2.94 bits per heavy atom. The fourth-order valence-electron chi connectivity index (χ4n) is 3.88. The van der Waals surface area contributed by atoms with Gasteiger partial charge in [0, 0.05) is 18.5 Å². The number of furan rings is 1. The van der Waals surface area contributed by atoms with E-state index in [2.05, 4.69) is 26.6 Å². The molecule has 0 aliphatic carbocycles. The number of aliphatic hydroxyl groups excluding tert-OH is 1. The zero-order valence-corrected chi connectivity index (χ0v) is 17.7. The Labute approximate surface area is 179 Å². The molecule has 0 amide bonds. The van der Waals surface area contributed by atoms with Gasteiger partial charge >= 0.3 is 0 Å². The quantitative estimate of drug-likeness (QED) is 0.370. The molecule has 0 bridgehead atoms. The van der Waals surface area contributed by atoms with Crippen molar-refractivity contribution in [2.75, 3.05) is 13.2 Å². The zero-order valence-electron chi connectivity index (χ0n) is 17.7. The number of nitrogens with one attached hydrogen (secondary N) is 2. The molecule has 1 unspecified atom stereocenters. The van der Waals surface area contributed by atoms with Crippen LogP contribution in [0.25, 0.3) is 10.9 Å². The zero-order chi connectivity index (χ0) is 21.8. The van der Waals surface area contributed by atoms with Crippen molar-refractivity contribution in [1.82, 2.24) is 25.2 Å². The first-order valence-electron chi connectivity index (χ1n) is 10.4. The Morgan fingerprint density at radius 1 is 1.29 bits per heavy atom. The normalized spacial score (nSPS) is 13.5. The molecular formula is C22H27N6O3+. The van der Waals surface area contributed by atoms with Gasteiger partial charge in [0.15, 0.2) is 0 Å². The van der Waals surface area contributed by atoms with Gasteiger partial charge in [-0.3, -0.25) is 4.79 Å². The lowest BCUT2D eigenvalue weighted by molar-refractivity contribution is -0.944. The van der Waals surface area contributed by atoms with Gasteiger partial charge in [0.25, 0.3) is 5.56 Å². The summed E-state index contributed by atoms with van der Waals surface area (Å²) in [6.07, 6.45) is 2.24. The highest BCUT2D eigenvalue weighted by Crippen LogP contribution is 2.14. The van der Waals surface area contributed by atoms with Crippen LogP contribution in [0.5, 0.6) is 0 Å². The number of nitrogens with zero attached hydrogens (tertiary/aromatic N) is 4. The second-order valence-electron chi connectivity index (χ2n) is 7.87. The molecule has 0 aliphatic heterocycles. The number of H-pyrrole nitrogens is 1. The van der Waals surface area contributed by atoms with Gasteiger partial charge in [-0.05, 0) is 60.0 Å². The molecule has 0 spiro atoms. The molecule has 9 heteroatoms. The Balaban J connectivity index is 1.62. The summed E-state index contributed by atoms with van der Waals surface area (Å²) in [4.78, 5) is 16.8. The van der Waals surface area contributed by atoms with E-state index in [1.165, 1.54) is 0 Å². The molecule has 9 nitrogen and oxygen atoms in total. The van der Waals surface area contributed by atoms with E-state index in [0.29, 0.717) is 37.4 Å². The Hall–Kier alpha value is -3.30. The number of quaternary nitrogens is 1. The van der Waals surface area contributed by atoms with Crippen LogP contribution in [0, 0.1) is 6.92 Å². The second-order valence-corrected chi connectivity index (χ2v) is 7.87. The summed E-state index contributed by atoms with van der Waals surface area (Å²) >= 11 is 0. The van der Waals surface area contributed by atoms with Crippen molar-refractivity contribution in [2.45, 2.75) is 39.4 Å². The summed E-state index contributed by atoms with van der Waals surface area (Å²) in [6.45, 7) is 5.76. The van der Waals surface area contributed by atoms with Crippen LogP contribution < -0.4 is 10.5 Å². The number of hydrogen-bond acceptors (Lipinski definition) is 6. The molecule has 0 radical (unpaired) electrons. The minimum absolute atomic E-state index is 0.0842. The summed E-state index contributed by atoms with van der Waals surface area (Å²) in [5.41, 5.74) is 2.57. The van der Waals surface area contributed by atoms with Crippen LogP contribution >= 0.6 is 0 Å². The lowest BCUT2D eigenvalue weighted by atomic mass is 10.1. The molecule has 0 saturated heterocycles. The number of aliphatic hydroxyl groups is 1. The molecule has 0 saturated carbocycles. The van der Waals surface area contributed by atoms with E-state index in [1.54, 1.807) is 10.9 Å². The van der Waals surface area contributed by atoms with Crippen molar-refractivity contribution >= 4 is 10.9 Å². The van der Waals surface area contributed by atoms with Crippen molar-refractivity contribution in [1.29, 1.82) is 0 Å². The Morgan fingerprint density at radius 2 is 2.16 bits per heavy atom. The van der Waals surface area contributed by atoms with Gasteiger partial charge in [0.2, 0.25) is 5.82 Å². The highest BCUT2D eigenvalue weighted by molar-refractivity contribution is 5.79. The molecule has 0 aliphatic rings. The minimum atomic E-state index is -0.0970.